The Morgan fingerprint density at radius 2 is 1.66 bits per heavy atom. The molecule has 2 aromatic rings. The van der Waals surface area contributed by atoms with Gasteiger partial charge in [0.25, 0.3) is 0 Å². The predicted octanol–water partition coefficient (Wildman–Crippen LogP) is 3.45. The fraction of sp³-hybridized carbons (Fsp3) is 0.333. The van der Waals surface area contributed by atoms with E-state index in [0.717, 1.165) is 29.7 Å². The van der Waals surface area contributed by atoms with Gasteiger partial charge in [-0.2, -0.15) is 0 Å². The third-order valence-corrected chi connectivity index (χ3v) is 4.96. The number of cyclic esters (lactones) is 1. The highest BCUT2D eigenvalue weighted by Crippen LogP contribution is 2.23. The lowest BCUT2D eigenvalue weighted by Gasteiger charge is -2.17. The molecule has 0 saturated heterocycles. The van der Waals surface area contributed by atoms with Gasteiger partial charge >= 0.3 is 11.9 Å². The molecular formula is C24H26O8. The van der Waals surface area contributed by atoms with Crippen molar-refractivity contribution < 1.29 is 39.1 Å². The third kappa shape index (κ3) is 6.24. The van der Waals surface area contributed by atoms with Gasteiger partial charge < -0.3 is 29.5 Å². The first kappa shape index (κ1) is 23.1. The van der Waals surface area contributed by atoms with Crippen molar-refractivity contribution in [2.24, 2.45) is 0 Å². The van der Waals surface area contributed by atoms with E-state index in [1.54, 1.807) is 0 Å². The molecule has 32 heavy (non-hydrogen) atoms. The van der Waals surface area contributed by atoms with Crippen molar-refractivity contribution >= 4 is 11.9 Å². The number of rotatable bonds is 11. The monoisotopic (exact) mass is 442 g/mol. The first-order chi connectivity index (χ1) is 15.5. The summed E-state index contributed by atoms with van der Waals surface area (Å²) in [4.78, 5) is 22.9. The predicted molar refractivity (Wildman–Crippen MR) is 115 cm³/mol. The number of esters is 2. The van der Waals surface area contributed by atoms with Gasteiger partial charge in [-0.1, -0.05) is 42.5 Å². The zero-order valence-electron chi connectivity index (χ0n) is 17.5. The Morgan fingerprint density at radius 1 is 0.969 bits per heavy atom. The number of benzene rings is 2. The summed E-state index contributed by atoms with van der Waals surface area (Å²) in [5.74, 6) is -2.58. The maximum Gasteiger partial charge on any atom is 0.377 e. The van der Waals surface area contributed by atoms with Gasteiger partial charge in [-0.3, -0.25) is 4.79 Å². The molecule has 2 atom stereocenters. The lowest BCUT2D eigenvalue weighted by molar-refractivity contribution is -0.154. The van der Waals surface area contributed by atoms with E-state index in [4.69, 9.17) is 9.47 Å². The molecule has 1 heterocycles. The van der Waals surface area contributed by atoms with Gasteiger partial charge in [0.1, 0.15) is 18.5 Å². The quantitative estimate of drug-likeness (QED) is 0.357. The van der Waals surface area contributed by atoms with Gasteiger partial charge in [0, 0.05) is 6.42 Å². The Hall–Kier alpha value is -3.52. The van der Waals surface area contributed by atoms with Crippen LogP contribution in [0.2, 0.25) is 0 Å². The average molecular weight is 442 g/mol. The number of hydrogen-bond donors (Lipinski definition) is 3. The second-order valence-electron chi connectivity index (χ2n) is 7.36. The molecule has 0 saturated carbocycles. The SMILES string of the molecule is O=C(CCCCCOc1ccc(-c2ccccc2)cc1)OC[C@H](O)[C@H]1OC(=O)C(O)=C1O. The van der Waals surface area contributed by atoms with Crippen LogP contribution in [0, 0.1) is 0 Å². The van der Waals surface area contributed by atoms with E-state index in [0.29, 0.717) is 13.0 Å². The molecule has 3 rings (SSSR count). The Balaban J connectivity index is 1.26. The third-order valence-electron chi connectivity index (χ3n) is 4.96. The maximum atomic E-state index is 11.8. The number of aliphatic hydroxyl groups is 3. The lowest BCUT2D eigenvalue weighted by Crippen LogP contribution is -2.33. The van der Waals surface area contributed by atoms with Gasteiger partial charge in [0.15, 0.2) is 11.9 Å². The molecule has 8 nitrogen and oxygen atoms in total. The minimum Gasteiger partial charge on any atom is -0.505 e. The standard InChI is InChI=1S/C24H26O8/c25-19(23-21(27)22(28)24(29)32-23)15-31-20(26)9-5-2-6-14-30-18-12-10-17(11-13-18)16-7-3-1-4-8-16/h1,3-4,7-8,10-13,19,23,25,27-28H,2,5-6,9,14-15H2/t19-,23+/m0/s1. The summed E-state index contributed by atoms with van der Waals surface area (Å²) < 4.78 is 15.3. The summed E-state index contributed by atoms with van der Waals surface area (Å²) in [6.07, 6.45) is -0.613. The van der Waals surface area contributed by atoms with Crippen molar-refractivity contribution in [3.8, 4) is 16.9 Å². The minimum atomic E-state index is -1.46. The lowest BCUT2D eigenvalue weighted by atomic mass is 10.1. The molecule has 0 aromatic heterocycles. The largest absolute Gasteiger partial charge is 0.505 e. The number of hydrogen-bond acceptors (Lipinski definition) is 8. The first-order valence-electron chi connectivity index (χ1n) is 10.4. The normalized spacial score (nSPS) is 16.5. The molecule has 2 aromatic carbocycles. The molecule has 0 aliphatic carbocycles. The molecule has 1 aliphatic heterocycles. The van der Waals surface area contributed by atoms with Crippen LogP contribution in [0.3, 0.4) is 0 Å². The molecule has 3 N–H and O–H groups in total. The Bertz CT molecular complexity index is 936. The highest BCUT2D eigenvalue weighted by atomic mass is 16.6. The van der Waals surface area contributed by atoms with E-state index in [9.17, 15) is 24.9 Å². The summed E-state index contributed by atoms with van der Waals surface area (Å²) in [6, 6.07) is 18.0. The van der Waals surface area contributed by atoms with E-state index in [1.165, 1.54) is 0 Å². The Kier molecular flexibility index (Phi) is 8.10. The zero-order chi connectivity index (χ0) is 22.9. The molecule has 0 unspecified atom stereocenters. The van der Waals surface area contributed by atoms with Gasteiger partial charge in [0.05, 0.1) is 6.61 Å². The van der Waals surface area contributed by atoms with Crippen LogP contribution in [0.5, 0.6) is 5.75 Å². The molecule has 0 bridgehead atoms. The fourth-order valence-electron chi connectivity index (χ4n) is 3.18. The van der Waals surface area contributed by atoms with Crippen LogP contribution in [0.15, 0.2) is 66.1 Å². The van der Waals surface area contributed by atoms with Crippen molar-refractivity contribution in [1.82, 2.24) is 0 Å². The highest BCUT2D eigenvalue weighted by Gasteiger charge is 2.39. The van der Waals surface area contributed by atoms with Gasteiger partial charge in [-0.15, -0.1) is 0 Å². The molecule has 0 fully saturated rings. The summed E-state index contributed by atoms with van der Waals surface area (Å²) in [5, 5.41) is 28.6. The molecule has 0 amide bonds. The number of ether oxygens (including phenoxy) is 3. The molecule has 8 heteroatoms. The van der Waals surface area contributed by atoms with E-state index in [2.05, 4.69) is 16.9 Å². The van der Waals surface area contributed by atoms with E-state index in [-0.39, 0.29) is 6.42 Å². The van der Waals surface area contributed by atoms with E-state index < -0.39 is 42.3 Å². The van der Waals surface area contributed by atoms with E-state index >= 15 is 0 Å². The smallest absolute Gasteiger partial charge is 0.377 e. The second kappa shape index (κ2) is 11.2. The number of aliphatic hydroxyl groups excluding tert-OH is 3. The zero-order valence-corrected chi connectivity index (χ0v) is 17.5. The van der Waals surface area contributed by atoms with Crippen LogP contribution >= 0.6 is 0 Å². The minimum absolute atomic E-state index is 0.163. The van der Waals surface area contributed by atoms with Crippen LogP contribution in [-0.4, -0.2) is 52.7 Å². The van der Waals surface area contributed by atoms with Crippen molar-refractivity contribution in [3.05, 3.63) is 66.1 Å². The van der Waals surface area contributed by atoms with Crippen molar-refractivity contribution in [2.45, 2.75) is 37.9 Å². The summed E-state index contributed by atoms with van der Waals surface area (Å²) in [6.45, 7) is 0.0663. The number of carbonyl (C=O) groups is 2. The molecule has 0 radical (unpaired) electrons. The Labute approximate surface area is 185 Å². The average Bonchev–Trinajstić information content (AvgIpc) is 3.08. The van der Waals surface area contributed by atoms with Gasteiger partial charge in [0.2, 0.25) is 5.76 Å². The first-order valence-corrected chi connectivity index (χ1v) is 10.4. The molecule has 1 aliphatic rings. The van der Waals surface area contributed by atoms with Crippen molar-refractivity contribution in [3.63, 3.8) is 0 Å². The fourth-order valence-corrected chi connectivity index (χ4v) is 3.18. The summed E-state index contributed by atoms with van der Waals surface area (Å²) >= 11 is 0. The number of carbonyl (C=O) groups excluding carboxylic acids is 2. The molecular weight excluding hydrogens is 416 g/mol. The van der Waals surface area contributed by atoms with Crippen LogP contribution in [0.25, 0.3) is 11.1 Å². The topological polar surface area (TPSA) is 123 Å². The van der Waals surface area contributed by atoms with Gasteiger partial charge in [-0.05, 0) is 42.5 Å². The highest BCUT2D eigenvalue weighted by molar-refractivity contribution is 5.89. The summed E-state index contributed by atoms with van der Waals surface area (Å²) in [5.41, 5.74) is 2.27. The maximum absolute atomic E-state index is 11.8. The van der Waals surface area contributed by atoms with Gasteiger partial charge in [-0.25, -0.2) is 4.79 Å². The second-order valence-corrected chi connectivity index (χ2v) is 7.36. The van der Waals surface area contributed by atoms with Crippen LogP contribution in [0.1, 0.15) is 25.7 Å². The molecule has 0 spiro atoms. The van der Waals surface area contributed by atoms with Crippen LogP contribution < -0.4 is 4.74 Å². The van der Waals surface area contributed by atoms with E-state index in [1.807, 2.05) is 42.5 Å². The number of unbranched alkanes of at least 4 members (excludes halogenated alkanes) is 2. The molecule has 170 valence electrons. The van der Waals surface area contributed by atoms with Crippen molar-refractivity contribution in [2.75, 3.05) is 13.2 Å². The Morgan fingerprint density at radius 3 is 2.31 bits per heavy atom. The van der Waals surface area contributed by atoms with Crippen molar-refractivity contribution in [1.29, 1.82) is 0 Å². The summed E-state index contributed by atoms with van der Waals surface area (Å²) in [7, 11) is 0. The van der Waals surface area contributed by atoms with Crippen LogP contribution in [0.4, 0.5) is 0 Å². The van der Waals surface area contributed by atoms with Crippen LogP contribution in [-0.2, 0) is 19.1 Å².